The maximum absolute atomic E-state index is 12.4. The van der Waals surface area contributed by atoms with Gasteiger partial charge in [-0.1, -0.05) is 0 Å². The fraction of sp³-hybridized carbons (Fsp3) is 0.667. The average Bonchev–Trinajstić information content (AvgIpc) is 2.68. The van der Waals surface area contributed by atoms with E-state index in [0.29, 0.717) is 37.6 Å². The molecule has 2 rings (SSSR count). The van der Waals surface area contributed by atoms with Crippen LogP contribution in [0.4, 0.5) is 5.69 Å². The van der Waals surface area contributed by atoms with Crippen molar-refractivity contribution < 1.29 is 9.53 Å². The Bertz CT molecular complexity index is 453. The number of nitrogen functional groups attached to an aromatic ring is 1. The van der Waals surface area contributed by atoms with Gasteiger partial charge in [-0.05, 0) is 20.8 Å². The van der Waals surface area contributed by atoms with Crippen LogP contribution in [0.1, 0.15) is 31.3 Å². The molecule has 1 aromatic heterocycles. The Morgan fingerprint density at radius 1 is 1.61 bits per heavy atom. The van der Waals surface area contributed by atoms with Crippen LogP contribution < -0.4 is 5.73 Å². The van der Waals surface area contributed by atoms with Crippen LogP contribution in [0.15, 0.2) is 6.20 Å². The van der Waals surface area contributed by atoms with Crippen molar-refractivity contribution in [2.75, 3.05) is 25.4 Å². The fourth-order valence-electron chi connectivity index (χ4n) is 2.10. The number of morpholine rings is 1. The summed E-state index contributed by atoms with van der Waals surface area (Å²) in [5.74, 6) is -0.115. The van der Waals surface area contributed by atoms with E-state index in [9.17, 15) is 4.79 Å². The summed E-state index contributed by atoms with van der Waals surface area (Å²) in [7, 11) is 0. The Kier molecular flexibility index (Phi) is 3.30. The molecule has 0 bridgehead atoms. The van der Waals surface area contributed by atoms with Gasteiger partial charge in [0, 0.05) is 25.8 Å². The van der Waals surface area contributed by atoms with Gasteiger partial charge in [-0.15, -0.1) is 0 Å². The van der Waals surface area contributed by atoms with Crippen molar-refractivity contribution in [1.82, 2.24) is 14.7 Å². The molecule has 0 spiro atoms. The molecule has 1 amide bonds. The highest BCUT2D eigenvalue weighted by molar-refractivity contribution is 5.97. The minimum absolute atomic E-state index is 0.115. The maximum Gasteiger partial charge on any atom is 0.276 e. The molecular formula is C12H20N4O2. The molecule has 0 aliphatic carbocycles. The zero-order valence-electron chi connectivity index (χ0n) is 11.1. The zero-order chi connectivity index (χ0) is 13.3. The molecule has 1 aliphatic heterocycles. The van der Waals surface area contributed by atoms with Crippen molar-refractivity contribution >= 4 is 11.6 Å². The summed E-state index contributed by atoms with van der Waals surface area (Å²) in [6.07, 6.45) is 1.69. The van der Waals surface area contributed by atoms with Crippen LogP contribution in [0.2, 0.25) is 0 Å². The minimum Gasteiger partial charge on any atom is -0.396 e. The van der Waals surface area contributed by atoms with Crippen molar-refractivity contribution in [2.45, 2.75) is 32.9 Å². The second-order valence-electron chi connectivity index (χ2n) is 5.12. The van der Waals surface area contributed by atoms with E-state index >= 15 is 0 Å². The number of hydrogen-bond acceptors (Lipinski definition) is 4. The smallest absolute Gasteiger partial charge is 0.276 e. The first-order valence-corrected chi connectivity index (χ1v) is 6.19. The molecule has 6 heteroatoms. The number of aromatic nitrogens is 2. The van der Waals surface area contributed by atoms with Crippen LogP contribution in [0.5, 0.6) is 0 Å². The van der Waals surface area contributed by atoms with Gasteiger partial charge >= 0.3 is 0 Å². The Balaban J connectivity index is 2.17. The molecule has 1 fully saturated rings. The van der Waals surface area contributed by atoms with Gasteiger partial charge in [0.25, 0.3) is 5.91 Å². The molecule has 0 aromatic carbocycles. The number of rotatable bonds is 2. The maximum atomic E-state index is 12.4. The van der Waals surface area contributed by atoms with Crippen LogP contribution in [0.25, 0.3) is 0 Å². The molecule has 0 atom stereocenters. The van der Waals surface area contributed by atoms with E-state index in [1.807, 2.05) is 20.8 Å². The van der Waals surface area contributed by atoms with E-state index in [-0.39, 0.29) is 11.5 Å². The Labute approximate surface area is 107 Å². The zero-order valence-corrected chi connectivity index (χ0v) is 11.1. The molecule has 0 saturated carbocycles. The topological polar surface area (TPSA) is 73.4 Å². The normalized spacial score (nSPS) is 18.9. The van der Waals surface area contributed by atoms with Crippen LogP contribution in [0, 0.1) is 0 Å². The predicted molar refractivity (Wildman–Crippen MR) is 68.2 cm³/mol. The van der Waals surface area contributed by atoms with E-state index < -0.39 is 0 Å². The van der Waals surface area contributed by atoms with Crippen molar-refractivity contribution in [3.05, 3.63) is 11.9 Å². The fourth-order valence-corrected chi connectivity index (χ4v) is 2.10. The van der Waals surface area contributed by atoms with Crippen molar-refractivity contribution in [2.24, 2.45) is 0 Å². The van der Waals surface area contributed by atoms with Gasteiger partial charge in [-0.3, -0.25) is 9.48 Å². The van der Waals surface area contributed by atoms with Gasteiger partial charge in [0.1, 0.15) is 0 Å². The van der Waals surface area contributed by atoms with Crippen LogP contribution in [0.3, 0.4) is 0 Å². The highest BCUT2D eigenvalue weighted by atomic mass is 16.5. The van der Waals surface area contributed by atoms with Crippen molar-refractivity contribution in [3.8, 4) is 0 Å². The molecule has 100 valence electrons. The largest absolute Gasteiger partial charge is 0.396 e. The average molecular weight is 252 g/mol. The number of nitrogens with two attached hydrogens (primary N) is 1. The van der Waals surface area contributed by atoms with E-state index in [4.69, 9.17) is 10.5 Å². The lowest BCUT2D eigenvalue weighted by Gasteiger charge is -2.37. The van der Waals surface area contributed by atoms with Gasteiger partial charge < -0.3 is 15.4 Å². The third-order valence-electron chi connectivity index (χ3n) is 3.03. The van der Waals surface area contributed by atoms with Gasteiger partial charge in [-0.2, -0.15) is 5.10 Å². The van der Waals surface area contributed by atoms with Gasteiger partial charge in [0.15, 0.2) is 5.69 Å². The predicted octanol–water partition coefficient (Wildman–Crippen LogP) is 0.736. The second kappa shape index (κ2) is 4.61. The monoisotopic (exact) mass is 252 g/mol. The van der Waals surface area contributed by atoms with E-state index in [1.165, 1.54) is 0 Å². The Hall–Kier alpha value is -1.56. The molecule has 2 heterocycles. The first kappa shape index (κ1) is 12.9. The van der Waals surface area contributed by atoms with Gasteiger partial charge in [0.2, 0.25) is 0 Å². The standard InChI is InChI=1S/C12H20N4O2/c1-4-16-7-9(13)10(14-16)11(17)15-5-6-18-12(2,3)8-15/h7H,4-6,8,13H2,1-3H3. The SMILES string of the molecule is CCn1cc(N)c(C(=O)N2CCOC(C)(C)C2)n1. The van der Waals surface area contributed by atoms with Crippen LogP contribution in [-0.2, 0) is 11.3 Å². The molecule has 1 aromatic rings. The van der Waals surface area contributed by atoms with Crippen molar-refractivity contribution in [1.29, 1.82) is 0 Å². The number of nitrogens with zero attached hydrogens (tertiary/aromatic N) is 3. The first-order chi connectivity index (χ1) is 8.43. The molecule has 6 nitrogen and oxygen atoms in total. The summed E-state index contributed by atoms with van der Waals surface area (Å²) in [4.78, 5) is 14.1. The Morgan fingerprint density at radius 2 is 2.33 bits per heavy atom. The first-order valence-electron chi connectivity index (χ1n) is 6.19. The molecule has 2 N–H and O–H groups in total. The molecular weight excluding hydrogens is 232 g/mol. The third-order valence-corrected chi connectivity index (χ3v) is 3.03. The third kappa shape index (κ3) is 2.48. The van der Waals surface area contributed by atoms with Crippen LogP contribution >= 0.6 is 0 Å². The number of amides is 1. The number of ether oxygens (including phenoxy) is 1. The van der Waals surface area contributed by atoms with Crippen LogP contribution in [-0.4, -0.2) is 45.9 Å². The number of anilines is 1. The highest BCUT2D eigenvalue weighted by Crippen LogP contribution is 2.20. The lowest BCUT2D eigenvalue weighted by Crippen LogP contribution is -2.50. The second-order valence-corrected chi connectivity index (χ2v) is 5.12. The van der Waals surface area contributed by atoms with E-state index in [1.54, 1.807) is 15.8 Å². The number of carbonyl (C=O) groups excluding carboxylic acids is 1. The summed E-state index contributed by atoms with van der Waals surface area (Å²) in [6, 6.07) is 0. The van der Waals surface area contributed by atoms with Gasteiger partial charge in [-0.25, -0.2) is 0 Å². The number of aryl methyl sites for hydroxylation is 1. The lowest BCUT2D eigenvalue weighted by molar-refractivity contribution is -0.0765. The van der Waals surface area contributed by atoms with E-state index in [0.717, 1.165) is 0 Å². The van der Waals surface area contributed by atoms with Crippen molar-refractivity contribution in [3.63, 3.8) is 0 Å². The van der Waals surface area contributed by atoms with Gasteiger partial charge in [0.05, 0.1) is 17.9 Å². The number of carbonyl (C=O) groups is 1. The summed E-state index contributed by atoms with van der Waals surface area (Å²) in [6.45, 7) is 8.30. The molecule has 1 aliphatic rings. The highest BCUT2D eigenvalue weighted by Gasteiger charge is 2.32. The minimum atomic E-state index is -0.310. The molecule has 1 saturated heterocycles. The molecule has 0 unspecified atom stereocenters. The summed E-state index contributed by atoms with van der Waals surface area (Å²) >= 11 is 0. The summed E-state index contributed by atoms with van der Waals surface area (Å²) in [5.41, 5.74) is 6.30. The molecule has 18 heavy (non-hydrogen) atoms. The van der Waals surface area contributed by atoms with E-state index in [2.05, 4.69) is 5.10 Å². The summed E-state index contributed by atoms with van der Waals surface area (Å²) in [5, 5.41) is 4.21. The lowest BCUT2D eigenvalue weighted by atomic mass is 10.1. The quantitative estimate of drug-likeness (QED) is 0.842. The summed E-state index contributed by atoms with van der Waals surface area (Å²) < 4.78 is 7.26. The number of hydrogen-bond donors (Lipinski definition) is 1. The Morgan fingerprint density at radius 3 is 2.89 bits per heavy atom. The molecule has 0 radical (unpaired) electrons.